The van der Waals surface area contributed by atoms with Crippen molar-refractivity contribution in [1.29, 1.82) is 0 Å². The molecule has 28 heavy (non-hydrogen) atoms. The predicted molar refractivity (Wildman–Crippen MR) is 106 cm³/mol. The van der Waals surface area contributed by atoms with E-state index in [0.29, 0.717) is 35.3 Å². The van der Waals surface area contributed by atoms with Crippen LogP contribution in [-0.4, -0.2) is 27.4 Å². The zero-order chi connectivity index (χ0) is 19.7. The molecule has 1 N–H and O–H groups in total. The fourth-order valence-electron chi connectivity index (χ4n) is 3.20. The Morgan fingerprint density at radius 3 is 2.82 bits per heavy atom. The Kier molecular flexibility index (Phi) is 4.92. The van der Waals surface area contributed by atoms with E-state index >= 15 is 0 Å². The highest BCUT2D eigenvalue weighted by Crippen LogP contribution is 2.30. The van der Waals surface area contributed by atoms with Gasteiger partial charge in [-0.3, -0.25) is 9.78 Å². The summed E-state index contributed by atoms with van der Waals surface area (Å²) in [5.41, 5.74) is 3.35. The first kappa shape index (κ1) is 18.3. The monoisotopic (exact) mass is 397 g/mol. The van der Waals surface area contributed by atoms with E-state index < -0.39 is 0 Å². The van der Waals surface area contributed by atoms with Gasteiger partial charge in [0.2, 0.25) is 11.9 Å². The second kappa shape index (κ2) is 7.52. The van der Waals surface area contributed by atoms with Crippen molar-refractivity contribution in [3.63, 3.8) is 0 Å². The van der Waals surface area contributed by atoms with Gasteiger partial charge < -0.3 is 10.2 Å². The van der Waals surface area contributed by atoms with Gasteiger partial charge in [-0.25, -0.2) is 14.4 Å². The van der Waals surface area contributed by atoms with Gasteiger partial charge in [0.15, 0.2) is 0 Å². The highest BCUT2D eigenvalue weighted by atomic mass is 35.5. The van der Waals surface area contributed by atoms with Gasteiger partial charge in [0, 0.05) is 18.5 Å². The maximum absolute atomic E-state index is 13.4. The van der Waals surface area contributed by atoms with E-state index in [1.54, 1.807) is 30.3 Å². The number of nitrogens with zero attached hydrogens (tertiary/aromatic N) is 4. The lowest BCUT2D eigenvalue weighted by atomic mass is 10.1. The lowest BCUT2D eigenvalue weighted by Gasteiger charge is -2.16. The van der Waals surface area contributed by atoms with Gasteiger partial charge in [-0.1, -0.05) is 11.6 Å². The summed E-state index contributed by atoms with van der Waals surface area (Å²) in [5, 5.41) is 3.47. The zero-order valence-electron chi connectivity index (χ0n) is 15.1. The third-order valence-corrected chi connectivity index (χ3v) is 4.83. The topological polar surface area (TPSA) is 71.0 Å². The van der Waals surface area contributed by atoms with Crippen molar-refractivity contribution in [2.24, 2.45) is 0 Å². The summed E-state index contributed by atoms with van der Waals surface area (Å²) in [6, 6.07) is 6.27. The lowest BCUT2D eigenvalue weighted by Crippen LogP contribution is -2.23. The van der Waals surface area contributed by atoms with Crippen LogP contribution >= 0.6 is 11.6 Å². The Labute approximate surface area is 166 Å². The molecule has 3 aromatic rings. The Morgan fingerprint density at radius 1 is 1.21 bits per heavy atom. The van der Waals surface area contributed by atoms with Crippen molar-refractivity contribution in [2.45, 2.75) is 19.8 Å². The van der Waals surface area contributed by atoms with E-state index in [-0.39, 0.29) is 11.7 Å². The van der Waals surface area contributed by atoms with Gasteiger partial charge in [-0.2, -0.15) is 0 Å². The number of benzene rings is 1. The molecule has 1 fully saturated rings. The van der Waals surface area contributed by atoms with E-state index in [1.807, 2.05) is 6.07 Å². The van der Waals surface area contributed by atoms with Crippen LogP contribution in [0.4, 0.5) is 21.7 Å². The molecular formula is C20H17ClFN5O. The summed E-state index contributed by atoms with van der Waals surface area (Å²) in [6.07, 6.45) is 6.18. The SMILES string of the molecule is Cc1cc(F)ccc1-c1nc(Nc2cncc(N3CCCC3=O)c2)ncc1Cl. The predicted octanol–water partition coefficient (Wildman–Crippen LogP) is 4.51. The summed E-state index contributed by atoms with van der Waals surface area (Å²) in [6.45, 7) is 2.49. The van der Waals surface area contributed by atoms with Gasteiger partial charge in [0.05, 0.1) is 40.7 Å². The minimum Gasteiger partial charge on any atom is -0.323 e. The first-order chi connectivity index (χ1) is 13.5. The molecular weight excluding hydrogens is 381 g/mol. The van der Waals surface area contributed by atoms with Crippen LogP contribution in [0.1, 0.15) is 18.4 Å². The normalized spacial score (nSPS) is 13.8. The van der Waals surface area contributed by atoms with Crippen molar-refractivity contribution in [1.82, 2.24) is 15.0 Å². The van der Waals surface area contributed by atoms with Crippen LogP contribution in [0.2, 0.25) is 5.02 Å². The number of amides is 1. The summed E-state index contributed by atoms with van der Waals surface area (Å²) >= 11 is 6.27. The second-order valence-electron chi connectivity index (χ2n) is 6.56. The van der Waals surface area contributed by atoms with Gasteiger partial charge in [0.25, 0.3) is 0 Å². The molecule has 1 aliphatic heterocycles. The average molecular weight is 398 g/mol. The molecule has 142 valence electrons. The molecule has 8 heteroatoms. The van der Waals surface area contributed by atoms with Gasteiger partial charge >= 0.3 is 0 Å². The van der Waals surface area contributed by atoms with Crippen LogP contribution < -0.4 is 10.2 Å². The minimum atomic E-state index is -0.316. The molecule has 0 unspecified atom stereocenters. The number of carbonyl (C=O) groups is 1. The van der Waals surface area contributed by atoms with Crippen molar-refractivity contribution in [2.75, 3.05) is 16.8 Å². The first-order valence-corrected chi connectivity index (χ1v) is 9.20. The summed E-state index contributed by atoms with van der Waals surface area (Å²) in [7, 11) is 0. The molecule has 0 aliphatic carbocycles. The summed E-state index contributed by atoms with van der Waals surface area (Å²) in [4.78, 5) is 26.6. The summed E-state index contributed by atoms with van der Waals surface area (Å²) < 4.78 is 13.4. The van der Waals surface area contributed by atoms with Crippen LogP contribution in [0.5, 0.6) is 0 Å². The Morgan fingerprint density at radius 2 is 2.07 bits per heavy atom. The van der Waals surface area contributed by atoms with Crippen LogP contribution in [-0.2, 0) is 4.79 Å². The number of anilines is 3. The first-order valence-electron chi connectivity index (χ1n) is 8.83. The molecule has 1 saturated heterocycles. The maximum atomic E-state index is 13.4. The van der Waals surface area contributed by atoms with Crippen LogP contribution in [0.25, 0.3) is 11.3 Å². The van der Waals surface area contributed by atoms with Crippen molar-refractivity contribution in [3.05, 3.63) is 59.3 Å². The number of halogens is 2. The fraction of sp³-hybridized carbons (Fsp3) is 0.200. The number of nitrogens with one attached hydrogen (secondary N) is 1. The Hall–Kier alpha value is -3.06. The third-order valence-electron chi connectivity index (χ3n) is 4.55. The number of hydrogen-bond acceptors (Lipinski definition) is 5. The molecule has 3 heterocycles. The zero-order valence-corrected chi connectivity index (χ0v) is 15.9. The highest BCUT2D eigenvalue weighted by Gasteiger charge is 2.22. The minimum absolute atomic E-state index is 0.0933. The van der Waals surface area contributed by atoms with Crippen LogP contribution in [0.15, 0.2) is 42.9 Å². The Balaban J connectivity index is 1.63. The van der Waals surface area contributed by atoms with Gasteiger partial charge in [-0.05, 0) is 43.2 Å². The summed E-state index contributed by atoms with van der Waals surface area (Å²) in [5.74, 6) is 0.106. The van der Waals surface area contributed by atoms with E-state index in [2.05, 4.69) is 20.3 Å². The third kappa shape index (κ3) is 3.66. The van der Waals surface area contributed by atoms with E-state index in [0.717, 1.165) is 23.2 Å². The number of aromatic nitrogens is 3. The molecule has 1 aromatic carbocycles. The number of hydrogen-bond donors (Lipinski definition) is 1. The van der Waals surface area contributed by atoms with E-state index in [4.69, 9.17) is 11.6 Å². The molecule has 0 radical (unpaired) electrons. The van der Waals surface area contributed by atoms with Crippen LogP contribution in [0.3, 0.4) is 0 Å². The molecule has 4 rings (SSSR count). The largest absolute Gasteiger partial charge is 0.323 e. The standard InChI is InChI=1S/C20H17ClFN5O/c1-12-7-13(22)4-5-16(12)19-17(21)11-24-20(26-19)25-14-8-15(10-23-9-14)27-6-2-3-18(27)28/h4-5,7-11H,2-3,6H2,1H3,(H,24,25,26). The fourth-order valence-corrected chi connectivity index (χ4v) is 3.40. The molecule has 0 saturated carbocycles. The quantitative estimate of drug-likeness (QED) is 0.701. The van der Waals surface area contributed by atoms with Gasteiger partial charge in [0.1, 0.15) is 5.82 Å². The molecule has 0 bridgehead atoms. The number of rotatable bonds is 4. The average Bonchev–Trinajstić information content (AvgIpc) is 3.10. The molecule has 1 amide bonds. The lowest BCUT2D eigenvalue weighted by molar-refractivity contribution is -0.117. The van der Waals surface area contributed by atoms with E-state index in [9.17, 15) is 9.18 Å². The molecule has 0 spiro atoms. The van der Waals surface area contributed by atoms with Crippen molar-refractivity contribution >= 4 is 34.8 Å². The van der Waals surface area contributed by atoms with Gasteiger partial charge in [-0.15, -0.1) is 0 Å². The van der Waals surface area contributed by atoms with E-state index in [1.165, 1.54) is 18.3 Å². The molecule has 1 aliphatic rings. The second-order valence-corrected chi connectivity index (χ2v) is 6.96. The molecule has 6 nitrogen and oxygen atoms in total. The molecule has 0 atom stereocenters. The Bertz CT molecular complexity index is 1060. The van der Waals surface area contributed by atoms with Crippen molar-refractivity contribution < 1.29 is 9.18 Å². The maximum Gasteiger partial charge on any atom is 0.227 e. The number of pyridine rings is 1. The number of carbonyl (C=O) groups excluding carboxylic acids is 1. The smallest absolute Gasteiger partial charge is 0.227 e. The van der Waals surface area contributed by atoms with Crippen molar-refractivity contribution in [3.8, 4) is 11.3 Å². The van der Waals surface area contributed by atoms with Crippen LogP contribution in [0, 0.1) is 12.7 Å². The molecule has 2 aromatic heterocycles. The number of aryl methyl sites for hydroxylation is 1. The highest BCUT2D eigenvalue weighted by molar-refractivity contribution is 6.33.